The van der Waals surface area contributed by atoms with Crippen LogP contribution in [0.4, 0.5) is 0 Å². The lowest BCUT2D eigenvalue weighted by Crippen LogP contribution is -1.99. The molecule has 0 spiro atoms. The minimum Gasteiger partial charge on any atom is -0.481 e. The van der Waals surface area contributed by atoms with Gasteiger partial charge in [-0.25, -0.2) is 4.98 Å². The topological polar surface area (TPSA) is 66.0 Å². The molecule has 2 aromatic rings. The van der Waals surface area contributed by atoms with Crippen molar-refractivity contribution in [2.24, 2.45) is 0 Å². The van der Waals surface area contributed by atoms with Crippen molar-refractivity contribution >= 4 is 5.97 Å². The third-order valence-electron chi connectivity index (χ3n) is 2.96. The van der Waals surface area contributed by atoms with E-state index in [9.17, 15) is 4.79 Å². The summed E-state index contributed by atoms with van der Waals surface area (Å²) >= 11 is 0. The third-order valence-corrected chi connectivity index (χ3v) is 2.96. The molecule has 0 fully saturated rings. The zero-order valence-electron chi connectivity index (χ0n) is 10.5. The van der Waals surface area contributed by atoms with Gasteiger partial charge in [-0.05, 0) is 25.5 Å². The number of nitrogens with zero attached hydrogens (tertiary/aromatic N) is 1. The molecule has 0 saturated carbocycles. The van der Waals surface area contributed by atoms with Crippen molar-refractivity contribution in [1.29, 1.82) is 0 Å². The molecule has 2 rings (SSSR count). The number of carboxylic acid groups (broad SMARTS) is 1. The van der Waals surface area contributed by atoms with Crippen LogP contribution in [0.2, 0.25) is 0 Å². The van der Waals surface area contributed by atoms with Gasteiger partial charge in [0.1, 0.15) is 0 Å². The number of imidazole rings is 1. The van der Waals surface area contributed by atoms with Crippen molar-refractivity contribution < 1.29 is 9.90 Å². The van der Waals surface area contributed by atoms with Crippen LogP contribution in [0.5, 0.6) is 0 Å². The lowest BCUT2D eigenvalue weighted by molar-refractivity contribution is -0.136. The minimum absolute atomic E-state index is 0.111. The smallest absolute Gasteiger partial charge is 0.303 e. The number of carbonyl (C=O) groups is 1. The highest BCUT2D eigenvalue weighted by Gasteiger charge is 2.11. The highest BCUT2D eigenvalue weighted by Crippen LogP contribution is 2.25. The molecule has 0 aliphatic carbocycles. The molecule has 0 unspecified atom stereocenters. The zero-order valence-corrected chi connectivity index (χ0v) is 10.5. The summed E-state index contributed by atoms with van der Waals surface area (Å²) < 4.78 is 0. The molecule has 1 aromatic heterocycles. The van der Waals surface area contributed by atoms with E-state index in [0.29, 0.717) is 6.42 Å². The molecule has 94 valence electrons. The Balaban J connectivity index is 2.36. The van der Waals surface area contributed by atoms with Gasteiger partial charge in [0.2, 0.25) is 0 Å². The second-order valence-electron chi connectivity index (χ2n) is 4.44. The van der Waals surface area contributed by atoms with E-state index in [1.54, 1.807) is 6.33 Å². The molecule has 1 aromatic carbocycles. The maximum Gasteiger partial charge on any atom is 0.303 e. The summed E-state index contributed by atoms with van der Waals surface area (Å²) in [4.78, 5) is 18.0. The number of aliphatic carboxylic acids is 1. The molecule has 0 saturated heterocycles. The molecule has 0 bridgehead atoms. The number of hydrogen-bond acceptors (Lipinski definition) is 2. The van der Waals surface area contributed by atoms with Gasteiger partial charge in [0, 0.05) is 17.7 Å². The summed E-state index contributed by atoms with van der Waals surface area (Å²) in [6.07, 6.45) is 2.20. The maximum absolute atomic E-state index is 10.6. The molecular formula is C14H16N2O2. The molecule has 0 aliphatic heterocycles. The van der Waals surface area contributed by atoms with Crippen LogP contribution < -0.4 is 0 Å². The SMILES string of the molecule is Cc1ccc(C)c(-c2nc[nH]c2CCC(=O)O)c1. The molecule has 0 atom stereocenters. The Kier molecular flexibility index (Phi) is 3.46. The molecular weight excluding hydrogens is 228 g/mol. The van der Waals surface area contributed by atoms with Crippen molar-refractivity contribution in [1.82, 2.24) is 9.97 Å². The highest BCUT2D eigenvalue weighted by molar-refractivity contribution is 5.69. The first kappa shape index (κ1) is 12.4. The Morgan fingerprint density at radius 2 is 2.17 bits per heavy atom. The van der Waals surface area contributed by atoms with E-state index in [-0.39, 0.29) is 6.42 Å². The van der Waals surface area contributed by atoms with Gasteiger partial charge in [0.25, 0.3) is 0 Å². The molecule has 0 radical (unpaired) electrons. The first-order valence-corrected chi connectivity index (χ1v) is 5.89. The minimum atomic E-state index is -0.795. The number of hydrogen-bond donors (Lipinski definition) is 2. The monoisotopic (exact) mass is 244 g/mol. The first-order valence-electron chi connectivity index (χ1n) is 5.89. The second kappa shape index (κ2) is 5.04. The van der Waals surface area contributed by atoms with Crippen LogP contribution >= 0.6 is 0 Å². The summed E-state index contributed by atoms with van der Waals surface area (Å²) in [6, 6.07) is 6.19. The molecule has 2 N–H and O–H groups in total. The van der Waals surface area contributed by atoms with Crippen molar-refractivity contribution in [2.45, 2.75) is 26.7 Å². The fourth-order valence-corrected chi connectivity index (χ4v) is 1.97. The fraction of sp³-hybridized carbons (Fsp3) is 0.286. The Hall–Kier alpha value is -2.10. The average molecular weight is 244 g/mol. The lowest BCUT2D eigenvalue weighted by atomic mass is 10.0. The summed E-state index contributed by atoms with van der Waals surface area (Å²) in [5, 5.41) is 8.74. The Morgan fingerprint density at radius 3 is 2.89 bits per heavy atom. The predicted octanol–water partition coefficient (Wildman–Crippen LogP) is 2.71. The second-order valence-corrected chi connectivity index (χ2v) is 4.44. The summed E-state index contributed by atoms with van der Waals surface area (Å²) in [5.41, 5.74) is 5.12. The normalized spacial score (nSPS) is 10.6. The average Bonchev–Trinajstić information content (AvgIpc) is 2.77. The van der Waals surface area contributed by atoms with Gasteiger partial charge in [0.15, 0.2) is 0 Å². The molecule has 18 heavy (non-hydrogen) atoms. The van der Waals surface area contributed by atoms with Gasteiger partial charge in [0.05, 0.1) is 18.4 Å². The van der Waals surface area contributed by atoms with E-state index in [0.717, 1.165) is 22.5 Å². The van der Waals surface area contributed by atoms with Crippen molar-refractivity contribution in [2.75, 3.05) is 0 Å². The Labute approximate surface area is 106 Å². The van der Waals surface area contributed by atoms with E-state index in [4.69, 9.17) is 5.11 Å². The summed E-state index contributed by atoms with van der Waals surface area (Å²) in [6.45, 7) is 4.07. The van der Waals surface area contributed by atoms with E-state index in [1.807, 2.05) is 13.8 Å². The van der Waals surface area contributed by atoms with Crippen LogP contribution in [-0.4, -0.2) is 21.0 Å². The van der Waals surface area contributed by atoms with Crippen LogP contribution in [-0.2, 0) is 11.2 Å². The maximum atomic E-state index is 10.6. The van der Waals surface area contributed by atoms with Gasteiger partial charge in [-0.2, -0.15) is 0 Å². The van der Waals surface area contributed by atoms with Crippen LogP contribution in [0.3, 0.4) is 0 Å². The van der Waals surface area contributed by atoms with Crippen molar-refractivity contribution in [3.63, 3.8) is 0 Å². The number of carboxylic acids is 1. The Bertz CT molecular complexity index is 573. The largest absolute Gasteiger partial charge is 0.481 e. The number of benzene rings is 1. The molecule has 1 heterocycles. The first-order chi connectivity index (χ1) is 8.58. The van der Waals surface area contributed by atoms with Crippen LogP contribution in [0.25, 0.3) is 11.3 Å². The molecule has 0 aliphatic rings. The lowest BCUT2D eigenvalue weighted by Gasteiger charge is -2.07. The molecule has 0 amide bonds. The number of aromatic nitrogens is 2. The van der Waals surface area contributed by atoms with Gasteiger partial charge >= 0.3 is 5.97 Å². The van der Waals surface area contributed by atoms with Gasteiger partial charge in [-0.1, -0.05) is 17.7 Å². The van der Waals surface area contributed by atoms with Gasteiger partial charge in [-0.3, -0.25) is 4.79 Å². The van der Waals surface area contributed by atoms with Crippen molar-refractivity contribution in [3.05, 3.63) is 41.3 Å². The number of aryl methyl sites for hydroxylation is 3. The van der Waals surface area contributed by atoms with Crippen LogP contribution in [0, 0.1) is 13.8 Å². The number of aromatic amines is 1. The standard InChI is InChI=1S/C14H16N2O2/c1-9-3-4-10(2)11(7-9)14-12(15-8-16-14)5-6-13(17)18/h3-4,7-8H,5-6H2,1-2H3,(H,15,16)(H,17,18). The number of rotatable bonds is 4. The van der Waals surface area contributed by atoms with E-state index in [2.05, 4.69) is 28.2 Å². The summed E-state index contributed by atoms with van der Waals surface area (Å²) in [5.74, 6) is -0.795. The van der Waals surface area contributed by atoms with E-state index >= 15 is 0 Å². The van der Waals surface area contributed by atoms with Crippen LogP contribution in [0.15, 0.2) is 24.5 Å². The van der Waals surface area contributed by atoms with E-state index < -0.39 is 5.97 Å². The van der Waals surface area contributed by atoms with E-state index in [1.165, 1.54) is 5.56 Å². The predicted molar refractivity (Wildman–Crippen MR) is 69.5 cm³/mol. The fourth-order valence-electron chi connectivity index (χ4n) is 1.97. The van der Waals surface area contributed by atoms with Crippen LogP contribution in [0.1, 0.15) is 23.2 Å². The molecule has 4 heteroatoms. The van der Waals surface area contributed by atoms with Gasteiger partial charge in [-0.15, -0.1) is 0 Å². The quantitative estimate of drug-likeness (QED) is 0.869. The van der Waals surface area contributed by atoms with Gasteiger partial charge < -0.3 is 10.1 Å². The molecule has 4 nitrogen and oxygen atoms in total. The highest BCUT2D eigenvalue weighted by atomic mass is 16.4. The summed E-state index contributed by atoms with van der Waals surface area (Å²) in [7, 11) is 0. The number of nitrogens with one attached hydrogen (secondary N) is 1. The Morgan fingerprint density at radius 1 is 1.39 bits per heavy atom. The van der Waals surface area contributed by atoms with Crippen molar-refractivity contribution in [3.8, 4) is 11.3 Å². The third kappa shape index (κ3) is 2.59. The zero-order chi connectivity index (χ0) is 13.1. The number of H-pyrrole nitrogens is 1.